The second-order valence-electron chi connectivity index (χ2n) is 6.29. The van der Waals surface area contributed by atoms with E-state index >= 15 is 0 Å². The van der Waals surface area contributed by atoms with E-state index in [1.165, 1.54) is 24.4 Å². The highest BCUT2D eigenvalue weighted by molar-refractivity contribution is 6.04. The molecule has 0 spiro atoms. The smallest absolute Gasteiger partial charge is 0.295 e. The topological polar surface area (TPSA) is 60.3 Å². The first-order chi connectivity index (χ1) is 12.9. The molecule has 0 unspecified atom stereocenters. The zero-order valence-corrected chi connectivity index (χ0v) is 15.0. The number of nitrogens with zero attached hydrogens (tertiary/aromatic N) is 1. The van der Waals surface area contributed by atoms with Gasteiger partial charge in [-0.1, -0.05) is 18.2 Å². The third kappa shape index (κ3) is 4.61. The standard InChI is InChI=1S/C21H19FN2O3/c1-14-9-15(2)11-18(10-14)23-20(25)19-7-4-8-24(21(19)26)27-13-16-5-3-6-17(22)12-16/h3-12H,13H2,1-2H3,(H,23,25). The third-order valence-electron chi connectivity index (χ3n) is 3.90. The van der Waals surface area contributed by atoms with E-state index < -0.39 is 11.5 Å². The lowest BCUT2D eigenvalue weighted by molar-refractivity contribution is 0.0862. The zero-order chi connectivity index (χ0) is 19.4. The fourth-order valence-electron chi connectivity index (χ4n) is 2.77. The number of benzene rings is 2. The van der Waals surface area contributed by atoms with Gasteiger partial charge in [-0.2, -0.15) is 4.73 Å². The van der Waals surface area contributed by atoms with E-state index in [0.717, 1.165) is 15.9 Å². The maximum absolute atomic E-state index is 13.2. The Morgan fingerprint density at radius 2 is 1.81 bits per heavy atom. The molecule has 0 fully saturated rings. The molecule has 1 heterocycles. The fourth-order valence-corrected chi connectivity index (χ4v) is 2.77. The molecule has 1 amide bonds. The number of halogens is 1. The van der Waals surface area contributed by atoms with Crippen molar-refractivity contribution in [2.45, 2.75) is 20.5 Å². The second-order valence-corrected chi connectivity index (χ2v) is 6.29. The van der Waals surface area contributed by atoms with Crippen LogP contribution in [0.1, 0.15) is 27.0 Å². The van der Waals surface area contributed by atoms with Gasteiger partial charge in [-0.25, -0.2) is 4.39 Å². The molecular formula is C21H19FN2O3. The molecule has 1 N–H and O–H groups in total. The molecule has 2 aromatic carbocycles. The van der Waals surface area contributed by atoms with Crippen molar-refractivity contribution in [3.63, 3.8) is 0 Å². The molecule has 1 aromatic heterocycles. The summed E-state index contributed by atoms with van der Waals surface area (Å²) in [6.07, 6.45) is 1.41. The van der Waals surface area contributed by atoms with Gasteiger partial charge < -0.3 is 10.2 Å². The number of carbonyl (C=O) groups excluding carboxylic acids is 1. The molecule has 5 nitrogen and oxygen atoms in total. The summed E-state index contributed by atoms with van der Waals surface area (Å²) in [5.41, 5.74) is 2.58. The Bertz CT molecular complexity index is 1020. The van der Waals surface area contributed by atoms with Crippen molar-refractivity contribution < 1.29 is 14.0 Å². The molecule has 3 aromatic rings. The largest absolute Gasteiger partial charge is 0.406 e. The van der Waals surface area contributed by atoms with Crippen LogP contribution < -0.4 is 15.7 Å². The summed E-state index contributed by atoms with van der Waals surface area (Å²) < 4.78 is 14.2. The molecule has 138 valence electrons. The highest BCUT2D eigenvalue weighted by Crippen LogP contribution is 2.14. The van der Waals surface area contributed by atoms with Crippen molar-refractivity contribution in [2.24, 2.45) is 0 Å². The summed E-state index contributed by atoms with van der Waals surface area (Å²) in [5.74, 6) is -0.904. The van der Waals surface area contributed by atoms with Crippen LogP contribution in [0.4, 0.5) is 10.1 Å². The van der Waals surface area contributed by atoms with Gasteiger partial charge in [0.15, 0.2) is 0 Å². The molecule has 0 bridgehead atoms. The van der Waals surface area contributed by atoms with Gasteiger partial charge in [0.25, 0.3) is 11.5 Å². The normalized spacial score (nSPS) is 10.5. The molecule has 0 atom stereocenters. The zero-order valence-electron chi connectivity index (χ0n) is 15.0. The Labute approximate surface area is 156 Å². The predicted molar refractivity (Wildman–Crippen MR) is 101 cm³/mol. The minimum absolute atomic E-state index is 0.000185. The van der Waals surface area contributed by atoms with Gasteiger partial charge in [0.05, 0.1) is 0 Å². The first-order valence-corrected chi connectivity index (χ1v) is 8.41. The number of hydrogen-bond acceptors (Lipinski definition) is 3. The van der Waals surface area contributed by atoms with Gasteiger partial charge >= 0.3 is 0 Å². The van der Waals surface area contributed by atoms with Crippen LogP contribution in [0.15, 0.2) is 65.6 Å². The van der Waals surface area contributed by atoms with Crippen LogP contribution in [0, 0.1) is 19.7 Å². The van der Waals surface area contributed by atoms with E-state index in [9.17, 15) is 14.0 Å². The summed E-state index contributed by atoms with van der Waals surface area (Å²) in [6, 6.07) is 14.5. The number of aromatic nitrogens is 1. The van der Waals surface area contributed by atoms with Crippen molar-refractivity contribution in [1.29, 1.82) is 0 Å². The van der Waals surface area contributed by atoms with Gasteiger partial charge in [-0.15, -0.1) is 0 Å². The van der Waals surface area contributed by atoms with Crippen molar-refractivity contribution in [1.82, 2.24) is 4.73 Å². The van der Waals surface area contributed by atoms with Crippen molar-refractivity contribution in [3.05, 3.63) is 99.2 Å². The van der Waals surface area contributed by atoms with Gasteiger partial charge in [0, 0.05) is 11.9 Å². The summed E-state index contributed by atoms with van der Waals surface area (Å²) in [4.78, 5) is 30.4. The molecule has 0 radical (unpaired) electrons. The summed E-state index contributed by atoms with van der Waals surface area (Å²) in [7, 11) is 0. The van der Waals surface area contributed by atoms with Crippen LogP contribution in [0.2, 0.25) is 0 Å². The molecule has 0 saturated heterocycles. The molecule has 0 aliphatic heterocycles. The Morgan fingerprint density at radius 1 is 1.07 bits per heavy atom. The number of anilines is 1. The Kier molecular flexibility index (Phi) is 5.35. The second kappa shape index (κ2) is 7.86. The average molecular weight is 366 g/mol. The third-order valence-corrected chi connectivity index (χ3v) is 3.90. The van der Waals surface area contributed by atoms with E-state index in [1.807, 2.05) is 32.0 Å². The van der Waals surface area contributed by atoms with E-state index in [0.29, 0.717) is 11.3 Å². The minimum Gasteiger partial charge on any atom is -0.406 e. The molecule has 0 aliphatic rings. The van der Waals surface area contributed by atoms with Crippen LogP contribution in [-0.2, 0) is 6.61 Å². The van der Waals surface area contributed by atoms with E-state index in [-0.39, 0.29) is 18.0 Å². The van der Waals surface area contributed by atoms with Crippen LogP contribution in [0.25, 0.3) is 0 Å². The maximum Gasteiger partial charge on any atom is 0.295 e. The fraction of sp³-hybridized carbons (Fsp3) is 0.143. The number of amides is 1. The summed E-state index contributed by atoms with van der Waals surface area (Å²) >= 11 is 0. The predicted octanol–water partition coefficient (Wildman–Crippen LogP) is 3.49. The van der Waals surface area contributed by atoms with E-state index in [1.54, 1.807) is 18.2 Å². The molecular weight excluding hydrogens is 347 g/mol. The number of nitrogens with one attached hydrogen (secondary N) is 1. The lowest BCUT2D eigenvalue weighted by Gasteiger charge is -2.11. The lowest BCUT2D eigenvalue weighted by atomic mass is 10.1. The van der Waals surface area contributed by atoms with Crippen molar-refractivity contribution in [2.75, 3.05) is 5.32 Å². The average Bonchev–Trinajstić information content (AvgIpc) is 2.60. The number of carbonyl (C=O) groups is 1. The molecule has 27 heavy (non-hydrogen) atoms. The SMILES string of the molecule is Cc1cc(C)cc(NC(=O)c2cccn(OCc3cccc(F)c3)c2=O)c1. The Morgan fingerprint density at radius 3 is 2.52 bits per heavy atom. The number of aryl methyl sites for hydroxylation is 2. The highest BCUT2D eigenvalue weighted by atomic mass is 19.1. The highest BCUT2D eigenvalue weighted by Gasteiger charge is 2.13. The maximum atomic E-state index is 13.2. The quantitative estimate of drug-likeness (QED) is 0.752. The molecule has 3 rings (SSSR count). The number of rotatable bonds is 5. The summed E-state index contributed by atoms with van der Waals surface area (Å²) in [6.45, 7) is 3.86. The molecule has 0 aliphatic carbocycles. The lowest BCUT2D eigenvalue weighted by Crippen LogP contribution is -2.32. The first-order valence-electron chi connectivity index (χ1n) is 8.41. The molecule has 6 heteroatoms. The first kappa shape index (κ1) is 18.4. The van der Waals surface area contributed by atoms with Gasteiger partial charge in [-0.05, 0) is 66.9 Å². The van der Waals surface area contributed by atoms with Crippen LogP contribution in [-0.4, -0.2) is 10.6 Å². The van der Waals surface area contributed by atoms with Crippen LogP contribution in [0.5, 0.6) is 0 Å². The Balaban J connectivity index is 1.77. The van der Waals surface area contributed by atoms with Gasteiger partial charge in [0.1, 0.15) is 18.0 Å². The monoisotopic (exact) mass is 366 g/mol. The number of hydrogen-bond donors (Lipinski definition) is 1. The van der Waals surface area contributed by atoms with Gasteiger partial charge in [-0.3, -0.25) is 9.59 Å². The minimum atomic E-state index is -0.587. The summed E-state index contributed by atoms with van der Waals surface area (Å²) in [5, 5.41) is 2.73. The Hall–Kier alpha value is -3.41. The molecule has 0 saturated carbocycles. The van der Waals surface area contributed by atoms with Crippen LogP contribution >= 0.6 is 0 Å². The van der Waals surface area contributed by atoms with Gasteiger partial charge in [0.2, 0.25) is 0 Å². The van der Waals surface area contributed by atoms with E-state index in [2.05, 4.69) is 5.32 Å². The van der Waals surface area contributed by atoms with Crippen molar-refractivity contribution in [3.8, 4) is 0 Å². The number of pyridine rings is 1. The van der Waals surface area contributed by atoms with E-state index in [4.69, 9.17) is 4.84 Å². The van der Waals surface area contributed by atoms with Crippen LogP contribution in [0.3, 0.4) is 0 Å². The van der Waals surface area contributed by atoms with Crippen molar-refractivity contribution >= 4 is 11.6 Å².